The highest BCUT2D eigenvalue weighted by atomic mass is 16.5. The molecule has 6 heteroatoms. The Morgan fingerprint density at radius 3 is 2.76 bits per heavy atom. The lowest BCUT2D eigenvalue weighted by Gasteiger charge is -2.27. The number of aryl methyl sites for hydroxylation is 1. The second-order valence-electron chi connectivity index (χ2n) is 7.15. The summed E-state index contributed by atoms with van der Waals surface area (Å²) in [5.41, 5.74) is 9.12. The summed E-state index contributed by atoms with van der Waals surface area (Å²) in [4.78, 5) is 18.9. The van der Waals surface area contributed by atoms with Crippen LogP contribution in [0.15, 0.2) is 29.6 Å². The van der Waals surface area contributed by atoms with Gasteiger partial charge in [0.15, 0.2) is 0 Å². The van der Waals surface area contributed by atoms with E-state index in [0.717, 1.165) is 44.9 Å². The molecule has 0 spiro atoms. The molecule has 6 nitrogen and oxygen atoms in total. The molecule has 0 bridgehead atoms. The van der Waals surface area contributed by atoms with Crippen molar-refractivity contribution in [1.82, 2.24) is 4.98 Å². The van der Waals surface area contributed by atoms with E-state index in [4.69, 9.17) is 10.3 Å². The van der Waals surface area contributed by atoms with Crippen molar-refractivity contribution in [3.05, 3.63) is 40.5 Å². The molecule has 1 unspecified atom stereocenters. The zero-order chi connectivity index (χ0) is 18.5. The molecule has 1 atom stereocenters. The summed E-state index contributed by atoms with van der Waals surface area (Å²) >= 11 is 0. The van der Waals surface area contributed by atoms with E-state index in [0.29, 0.717) is 12.5 Å². The molecule has 25 heavy (non-hydrogen) atoms. The quantitative estimate of drug-likeness (QED) is 0.174. The maximum Gasteiger partial charge on any atom is 0.311 e. The number of ether oxygens (including phenoxy) is 1. The Balaban J connectivity index is 2.53. The highest BCUT2D eigenvalue weighted by molar-refractivity contribution is 5.75. The van der Waals surface area contributed by atoms with Crippen LogP contribution in [0, 0.1) is 11.3 Å². The molecule has 0 saturated heterocycles. The van der Waals surface area contributed by atoms with Crippen molar-refractivity contribution < 1.29 is 9.53 Å². The zero-order valence-electron chi connectivity index (χ0n) is 15.6. The Labute approximate surface area is 150 Å². The largest absolute Gasteiger partial charge is 0.469 e. The molecular formula is C19H30N4O2. The van der Waals surface area contributed by atoms with Gasteiger partial charge in [-0.1, -0.05) is 30.4 Å². The lowest BCUT2D eigenvalue weighted by Crippen LogP contribution is -2.28. The first-order valence-corrected chi connectivity index (χ1v) is 8.97. The van der Waals surface area contributed by atoms with E-state index < -0.39 is 5.41 Å². The fourth-order valence-corrected chi connectivity index (χ4v) is 3.23. The Kier molecular flexibility index (Phi) is 9.63. The number of hydrogen-bond acceptors (Lipinski definition) is 4. The summed E-state index contributed by atoms with van der Waals surface area (Å²) in [7, 11) is 1.45. The maximum absolute atomic E-state index is 12.0. The molecule has 1 heterocycles. The van der Waals surface area contributed by atoms with Crippen LogP contribution >= 0.6 is 0 Å². The van der Waals surface area contributed by atoms with Crippen molar-refractivity contribution >= 4 is 5.97 Å². The number of hydrogen-bond donors (Lipinski definition) is 0. The molecular weight excluding hydrogens is 316 g/mol. The lowest BCUT2D eigenvalue weighted by atomic mass is 9.78. The van der Waals surface area contributed by atoms with Gasteiger partial charge in [0.25, 0.3) is 0 Å². The molecule has 0 aliphatic carbocycles. The highest BCUT2D eigenvalue weighted by Gasteiger charge is 2.31. The minimum Gasteiger partial charge on any atom is -0.469 e. The molecule has 0 N–H and O–H groups in total. The predicted octanol–water partition coefficient (Wildman–Crippen LogP) is 5.09. The van der Waals surface area contributed by atoms with Crippen LogP contribution in [-0.2, 0) is 16.0 Å². The first-order chi connectivity index (χ1) is 12.0. The van der Waals surface area contributed by atoms with Crippen molar-refractivity contribution in [3.8, 4) is 0 Å². The summed E-state index contributed by atoms with van der Waals surface area (Å²) in [5.74, 6) is 0.302. The van der Waals surface area contributed by atoms with Crippen LogP contribution in [0.3, 0.4) is 0 Å². The van der Waals surface area contributed by atoms with Gasteiger partial charge in [-0.3, -0.25) is 9.78 Å². The Hall–Kier alpha value is -2.07. The number of pyridine rings is 1. The van der Waals surface area contributed by atoms with Crippen LogP contribution in [0.2, 0.25) is 0 Å². The van der Waals surface area contributed by atoms with Crippen LogP contribution in [0.25, 0.3) is 10.4 Å². The highest BCUT2D eigenvalue weighted by Crippen LogP contribution is 2.32. The molecule has 138 valence electrons. The fourth-order valence-electron chi connectivity index (χ4n) is 3.23. The third kappa shape index (κ3) is 8.54. The van der Waals surface area contributed by atoms with Gasteiger partial charge in [0, 0.05) is 23.9 Å². The number of methoxy groups -OCH3 is 1. The van der Waals surface area contributed by atoms with Crippen LogP contribution in [0.4, 0.5) is 0 Å². The molecule has 0 saturated carbocycles. The minimum atomic E-state index is -0.474. The third-order valence-corrected chi connectivity index (χ3v) is 4.52. The Morgan fingerprint density at radius 2 is 2.12 bits per heavy atom. The van der Waals surface area contributed by atoms with Crippen LogP contribution in [-0.4, -0.2) is 24.6 Å². The van der Waals surface area contributed by atoms with Crippen molar-refractivity contribution in [2.24, 2.45) is 16.4 Å². The molecule has 1 aromatic rings. The van der Waals surface area contributed by atoms with Gasteiger partial charge in [-0.25, -0.2) is 0 Å². The molecule has 0 fully saturated rings. The number of carbonyl (C=O) groups is 1. The summed E-state index contributed by atoms with van der Waals surface area (Å²) in [6.07, 6.45) is 10.6. The van der Waals surface area contributed by atoms with E-state index in [1.807, 2.05) is 26.1 Å². The van der Waals surface area contributed by atoms with Gasteiger partial charge in [-0.15, -0.1) is 0 Å². The number of unbranched alkanes of at least 4 members (excludes halogenated alkanes) is 1. The zero-order valence-corrected chi connectivity index (χ0v) is 15.6. The van der Waals surface area contributed by atoms with Crippen LogP contribution < -0.4 is 0 Å². The number of rotatable bonds is 12. The van der Waals surface area contributed by atoms with Crippen LogP contribution in [0.1, 0.15) is 57.9 Å². The number of nitrogens with zero attached hydrogens (tertiary/aromatic N) is 4. The first-order valence-electron chi connectivity index (χ1n) is 8.97. The van der Waals surface area contributed by atoms with Gasteiger partial charge < -0.3 is 4.74 Å². The molecule has 0 aliphatic rings. The van der Waals surface area contributed by atoms with Gasteiger partial charge >= 0.3 is 5.97 Å². The van der Waals surface area contributed by atoms with E-state index in [1.54, 1.807) is 6.20 Å². The number of aromatic nitrogens is 1. The van der Waals surface area contributed by atoms with E-state index in [1.165, 1.54) is 12.7 Å². The maximum atomic E-state index is 12.0. The number of azide groups is 1. The van der Waals surface area contributed by atoms with E-state index in [-0.39, 0.29) is 5.97 Å². The fraction of sp³-hybridized carbons (Fsp3) is 0.684. The monoisotopic (exact) mass is 346 g/mol. The van der Waals surface area contributed by atoms with Crippen LogP contribution in [0.5, 0.6) is 0 Å². The van der Waals surface area contributed by atoms with Crippen molar-refractivity contribution in [1.29, 1.82) is 0 Å². The Morgan fingerprint density at radius 1 is 1.36 bits per heavy atom. The third-order valence-electron chi connectivity index (χ3n) is 4.52. The number of carbonyl (C=O) groups excluding carboxylic acids is 1. The average molecular weight is 346 g/mol. The van der Waals surface area contributed by atoms with E-state index >= 15 is 0 Å². The predicted molar refractivity (Wildman–Crippen MR) is 98.9 cm³/mol. The van der Waals surface area contributed by atoms with Gasteiger partial charge in [-0.2, -0.15) is 0 Å². The molecule has 0 aliphatic heterocycles. The van der Waals surface area contributed by atoms with Crippen molar-refractivity contribution in [3.63, 3.8) is 0 Å². The molecule has 1 aromatic heterocycles. The second-order valence-corrected chi connectivity index (χ2v) is 7.15. The van der Waals surface area contributed by atoms with Gasteiger partial charge in [-0.05, 0) is 62.6 Å². The smallest absolute Gasteiger partial charge is 0.311 e. The summed E-state index contributed by atoms with van der Waals surface area (Å²) in [6.45, 7) is 4.44. The van der Waals surface area contributed by atoms with Gasteiger partial charge in [0.2, 0.25) is 0 Å². The molecule has 0 aromatic carbocycles. The summed E-state index contributed by atoms with van der Waals surface area (Å²) in [5, 5.41) is 3.59. The van der Waals surface area contributed by atoms with E-state index in [9.17, 15) is 4.79 Å². The molecule has 1 rings (SSSR count). The normalized spacial score (nSPS) is 12.3. The summed E-state index contributed by atoms with van der Waals surface area (Å²) in [6, 6.07) is 4.06. The van der Waals surface area contributed by atoms with Gasteiger partial charge in [0.05, 0.1) is 12.5 Å². The van der Waals surface area contributed by atoms with Crippen molar-refractivity contribution in [2.45, 2.75) is 58.8 Å². The van der Waals surface area contributed by atoms with E-state index in [2.05, 4.69) is 21.1 Å². The molecule has 0 radical (unpaired) electrons. The lowest BCUT2D eigenvalue weighted by molar-refractivity contribution is -0.151. The minimum absolute atomic E-state index is 0.154. The Bertz CT molecular complexity index is 554. The SMILES string of the molecule is COC(=O)C(C)(C)CC(CCCCN=[N+]=[N-])CCCc1cccnc1. The first kappa shape index (κ1) is 21.0. The van der Waals surface area contributed by atoms with Gasteiger partial charge in [0.1, 0.15) is 0 Å². The second kappa shape index (κ2) is 11.5. The summed E-state index contributed by atoms with van der Waals surface area (Å²) < 4.78 is 4.94. The standard InChI is InChI=1S/C19H30N4O2/c1-19(2,18(24)25-3)14-16(8-4-5-13-22-23-20)9-6-10-17-11-7-12-21-15-17/h7,11-12,15-16H,4-6,8-10,13-14H2,1-3H3. The van der Waals surface area contributed by atoms with Crippen molar-refractivity contribution in [2.75, 3.05) is 13.7 Å². The topological polar surface area (TPSA) is 88.0 Å². The number of esters is 1. The molecule has 0 amide bonds. The average Bonchev–Trinajstić information content (AvgIpc) is 2.61.